The molecule has 0 aromatic heterocycles. The quantitative estimate of drug-likeness (QED) is 0.785. The molecule has 0 saturated carbocycles. The first-order valence-corrected chi connectivity index (χ1v) is 7.28. The van der Waals surface area contributed by atoms with Crippen LogP contribution in [0.25, 0.3) is 10.8 Å². The summed E-state index contributed by atoms with van der Waals surface area (Å²) in [5.41, 5.74) is -0.273. The molecular formula is C18H21NO2. The Balaban J connectivity index is 1.89. The molecule has 2 aromatic rings. The van der Waals surface area contributed by atoms with Crippen LogP contribution in [0.3, 0.4) is 0 Å². The summed E-state index contributed by atoms with van der Waals surface area (Å²) in [6.45, 7) is 4.44. The van der Waals surface area contributed by atoms with Gasteiger partial charge in [-0.05, 0) is 56.0 Å². The molecule has 0 aliphatic carbocycles. The van der Waals surface area contributed by atoms with Crippen molar-refractivity contribution >= 4 is 10.8 Å². The van der Waals surface area contributed by atoms with Gasteiger partial charge in [-0.3, -0.25) is 0 Å². The number of nitrogens with zero attached hydrogens (tertiary/aromatic N) is 1. The Morgan fingerprint density at radius 3 is 2.48 bits per heavy atom. The summed E-state index contributed by atoms with van der Waals surface area (Å²) >= 11 is 0. The molecule has 3 nitrogen and oxygen atoms in total. The summed E-state index contributed by atoms with van der Waals surface area (Å²) in [7, 11) is 0. The Bertz CT molecular complexity index is 656. The minimum Gasteiger partial charge on any atom is -0.504 e. The van der Waals surface area contributed by atoms with Gasteiger partial charge in [0.2, 0.25) is 0 Å². The van der Waals surface area contributed by atoms with Crippen LogP contribution in [0.5, 0.6) is 11.5 Å². The summed E-state index contributed by atoms with van der Waals surface area (Å²) in [4.78, 5) is 0. The minimum absolute atomic E-state index is 0.172. The molecule has 110 valence electrons. The smallest absolute Gasteiger partial charge is 0.161 e. The van der Waals surface area contributed by atoms with E-state index in [1.807, 2.05) is 44.2 Å². The fraction of sp³-hybridized carbons (Fsp3) is 0.389. The second-order valence-corrected chi connectivity index (χ2v) is 5.97. The van der Waals surface area contributed by atoms with Crippen LogP contribution in [0, 0.1) is 16.7 Å². The lowest BCUT2D eigenvalue weighted by Gasteiger charge is -2.14. The summed E-state index contributed by atoms with van der Waals surface area (Å²) in [5.74, 6) is 0.694. The van der Waals surface area contributed by atoms with Gasteiger partial charge in [-0.2, -0.15) is 5.26 Å². The molecule has 0 amide bonds. The molecule has 0 unspecified atom stereocenters. The molecule has 3 heteroatoms. The third-order valence-electron chi connectivity index (χ3n) is 3.58. The van der Waals surface area contributed by atoms with E-state index >= 15 is 0 Å². The fourth-order valence-electron chi connectivity index (χ4n) is 2.23. The first-order valence-electron chi connectivity index (χ1n) is 7.28. The predicted octanol–water partition coefficient (Wildman–Crippen LogP) is 4.64. The van der Waals surface area contributed by atoms with Crippen molar-refractivity contribution in [2.24, 2.45) is 5.41 Å². The molecule has 2 rings (SSSR count). The van der Waals surface area contributed by atoms with Gasteiger partial charge < -0.3 is 9.84 Å². The summed E-state index contributed by atoms with van der Waals surface area (Å²) in [6, 6.07) is 13.8. The Morgan fingerprint density at radius 1 is 1.14 bits per heavy atom. The van der Waals surface area contributed by atoms with Crippen LogP contribution >= 0.6 is 0 Å². The van der Waals surface area contributed by atoms with E-state index in [0.717, 1.165) is 30.0 Å². The van der Waals surface area contributed by atoms with E-state index in [-0.39, 0.29) is 11.2 Å². The van der Waals surface area contributed by atoms with Gasteiger partial charge in [0.05, 0.1) is 18.1 Å². The highest BCUT2D eigenvalue weighted by Gasteiger charge is 2.15. The van der Waals surface area contributed by atoms with E-state index < -0.39 is 0 Å². The summed E-state index contributed by atoms with van der Waals surface area (Å²) in [6.07, 6.45) is 2.67. The van der Waals surface area contributed by atoms with E-state index in [9.17, 15) is 5.11 Å². The highest BCUT2D eigenvalue weighted by Crippen LogP contribution is 2.31. The molecule has 1 N–H and O–H groups in total. The van der Waals surface area contributed by atoms with E-state index in [4.69, 9.17) is 10.00 Å². The largest absolute Gasteiger partial charge is 0.504 e. The molecule has 0 bridgehead atoms. The van der Waals surface area contributed by atoms with Crippen molar-refractivity contribution in [3.8, 4) is 17.6 Å². The van der Waals surface area contributed by atoms with Crippen LogP contribution in [0.2, 0.25) is 0 Å². The van der Waals surface area contributed by atoms with Crippen molar-refractivity contribution in [1.29, 1.82) is 5.26 Å². The van der Waals surface area contributed by atoms with Gasteiger partial charge in [0.25, 0.3) is 0 Å². The number of aromatic hydroxyl groups is 1. The maximum atomic E-state index is 9.96. The van der Waals surface area contributed by atoms with E-state index in [1.54, 1.807) is 6.07 Å². The van der Waals surface area contributed by atoms with Crippen molar-refractivity contribution in [1.82, 2.24) is 0 Å². The van der Waals surface area contributed by atoms with Gasteiger partial charge in [-0.1, -0.05) is 24.3 Å². The van der Waals surface area contributed by atoms with Gasteiger partial charge >= 0.3 is 0 Å². The second kappa shape index (κ2) is 6.49. The van der Waals surface area contributed by atoms with Crippen LogP contribution in [0.4, 0.5) is 0 Å². The third kappa shape index (κ3) is 4.13. The van der Waals surface area contributed by atoms with E-state index in [0.29, 0.717) is 12.4 Å². The lowest BCUT2D eigenvalue weighted by atomic mass is 9.89. The van der Waals surface area contributed by atoms with Crippen LogP contribution in [-0.4, -0.2) is 11.7 Å². The van der Waals surface area contributed by atoms with Crippen molar-refractivity contribution in [2.45, 2.75) is 33.1 Å². The van der Waals surface area contributed by atoms with Gasteiger partial charge in [-0.15, -0.1) is 0 Å². The fourth-order valence-corrected chi connectivity index (χ4v) is 2.23. The molecule has 0 atom stereocenters. The zero-order chi connectivity index (χ0) is 15.3. The average Bonchev–Trinajstić information content (AvgIpc) is 2.47. The number of benzene rings is 2. The van der Waals surface area contributed by atoms with Crippen molar-refractivity contribution in [3.05, 3.63) is 36.4 Å². The zero-order valence-electron chi connectivity index (χ0n) is 12.6. The van der Waals surface area contributed by atoms with Crippen LogP contribution in [0.15, 0.2) is 36.4 Å². The van der Waals surface area contributed by atoms with Crippen molar-refractivity contribution in [2.75, 3.05) is 6.61 Å². The van der Waals surface area contributed by atoms with Gasteiger partial charge in [0.15, 0.2) is 11.5 Å². The van der Waals surface area contributed by atoms with Crippen LogP contribution in [0.1, 0.15) is 33.1 Å². The number of phenols is 1. The standard InChI is InChI=1S/C18H21NO2/c1-18(2,13-19)9-5-6-10-21-17-12-15-8-4-3-7-14(15)11-16(17)20/h3-4,7-8,11-12,20H,5-6,9-10H2,1-2H3. The van der Waals surface area contributed by atoms with Crippen molar-refractivity contribution < 1.29 is 9.84 Å². The molecule has 21 heavy (non-hydrogen) atoms. The lowest BCUT2D eigenvalue weighted by molar-refractivity contribution is 0.282. The first kappa shape index (κ1) is 15.2. The third-order valence-corrected chi connectivity index (χ3v) is 3.58. The Morgan fingerprint density at radius 2 is 1.81 bits per heavy atom. The molecule has 0 aliphatic rings. The number of ether oxygens (including phenoxy) is 1. The monoisotopic (exact) mass is 283 g/mol. The first-order chi connectivity index (χ1) is 10.0. The zero-order valence-corrected chi connectivity index (χ0v) is 12.6. The average molecular weight is 283 g/mol. The molecule has 0 saturated heterocycles. The molecule has 0 fully saturated rings. The highest BCUT2D eigenvalue weighted by atomic mass is 16.5. The number of hydrogen-bond acceptors (Lipinski definition) is 3. The van der Waals surface area contributed by atoms with E-state index in [1.165, 1.54) is 0 Å². The normalized spacial score (nSPS) is 11.3. The Hall–Kier alpha value is -2.21. The number of phenolic OH excluding ortho intramolecular Hbond substituents is 1. The molecule has 0 heterocycles. The Kier molecular flexibility index (Phi) is 4.70. The van der Waals surface area contributed by atoms with Gasteiger partial charge in [0, 0.05) is 0 Å². The number of rotatable bonds is 6. The van der Waals surface area contributed by atoms with Crippen LogP contribution in [-0.2, 0) is 0 Å². The minimum atomic E-state index is -0.273. The van der Waals surface area contributed by atoms with Crippen molar-refractivity contribution in [3.63, 3.8) is 0 Å². The van der Waals surface area contributed by atoms with Crippen LogP contribution < -0.4 is 4.74 Å². The van der Waals surface area contributed by atoms with E-state index in [2.05, 4.69) is 6.07 Å². The summed E-state index contributed by atoms with van der Waals surface area (Å²) < 4.78 is 5.66. The highest BCUT2D eigenvalue weighted by molar-refractivity contribution is 5.85. The number of unbranched alkanes of at least 4 members (excludes halogenated alkanes) is 1. The Labute approximate surface area is 125 Å². The molecule has 0 aliphatic heterocycles. The second-order valence-electron chi connectivity index (χ2n) is 5.97. The summed E-state index contributed by atoms with van der Waals surface area (Å²) in [5, 5.41) is 21.0. The molecule has 0 radical (unpaired) electrons. The molecule has 0 spiro atoms. The number of nitriles is 1. The molecule has 2 aromatic carbocycles. The predicted molar refractivity (Wildman–Crippen MR) is 84.4 cm³/mol. The number of fused-ring (bicyclic) bond motifs is 1. The topological polar surface area (TPSA) is 53.2 Å². The molecular weight excluding hydrogens is 262 g/mol. The maximum Gasteiger partial charge on any atom is 0.161 e. The van der Waals surface area contributed by atoms with Gasteiger partial charge in [0.1, 0.15) is 0 Å². The maximum absolute atomic E-state index is 9.96. The van der Waals surface area contributed by atoms with Gasteiger partial charge in [-0.25, -0.2) is 0 Å². The lowest BCUT2D eigenvalue weighted by Crippen LogP contribution is -2.08. The SMILES string of the molecule is CC(C)(C#N)CCCCOc1cc2ccccc2cc1O. The number of hydrogen-bond donors (Lipinski definition) is 1.